The number of nitro benzene ring substituents is 1. The third-order valence-electron chi connectivity index (χ3n) is 6.68. The van der Waals surface area contributed by atoms with Gasteiger partial charge in [0.05, 0.1) is 21.9 Å². The van der Waals surface area contributed by atoms with Crippen molar-refractivity contribution < 1.29 is 14.5 Å². The Morgan fingerprint density at radius 2 is 1.71 bits per heavy atom. The molecule has 2 aliphatic rings. The number of hydrogen-bond acceptors (Lipinski definition) is 7. The number of fused-ring (bicyclic) bond motifs is 1. The quantitative estimate of drug-likeness (QED) is 0.194. The summed E-state index contributed by atoms with van der Waals surface area (Å²) >= 11 is 6.12. The van der Waals surface area contributed by atoms with Crippen molar-refractivity contribution in [1.29, 1.82) is 0 Å². The SMILES string of the molecule is CN1CCN(C(=O)c2ccc(N/C(=C3/C(=O)Nc4cc(Cl)ccc43)c3ccc(N)c([N+](=O)[O-])c3)cc2)CC1. The fourth-order valence-corrected chi connectivity index (χ4v) is 4.73. The number of piperazine rings is 1. The second-order valence-corrected chi connectivity index (χ2v) is 9.66. The summed E-state index contributed by atoms with van der Waals surface area (Å²) < 4.78 is 0. The zero-order chi connectivity index (χ0) is 27.0. The third-order valence-corrected chi connectivity index (χ3v) is 6.92. The Bertz CT molecular complexity index is 1480. The van der Waals surface area contributed by atoms with Gasteiger partial charge in [0.25, 0.3) is 17.5 Å². The number of amides is 2. The number of nitrogen functional groups attached to an aromatic ring is 1. The summed E-state index contributed by atoms with van der Waals surface area (Å²) in [6.07, 6.45) is 0. The van der Waals surface area contributed by atoms with E-state index in [4.69, 9.17) is 17.3 Å². The molecule has 194 valence electrons. The van der Waals surface area contributed by atoms with Gasteiger partial charge in [0, 0.05) is 59.6 Å². The van der Waals surface area contributed by atoms with Gasteiger partial charge in [-0.15, -0.1) is 0 Å². The first-order valence-electron chi connectivity index (χ1n) is 12.0. The van der Waals surface area contributed by atoms with Crippen LogP contribution in [0, 0.1) is 10.1 Å². The number of carbonyl (C=O) groups excluding carboxylic acids is 2. The van der Waals surface area contributed by atoms with Crippen LogP contribution in [-0.4, -0.2) is 59.8 Å². The molecule has 2 amide bonds. The number of nitrogens with one attached hydrogen (secondary N) is 2. The van der Waals surface area contributed by atoms with Gasteiger partial charge < -0.3 is 26.2 Å². The molecule has 0 unspecified atom stereocenters. The normalized spacial score (nSPS) is 16.6. The molecule has 11 heteroatoms. The monoisotopic (exact) mass is 532 g/mol. The number of nitrogens with zero attached hydrogens (tertiary/aromatic N) is 3. The minimum atomic E-state index is -0.567. The lowest BCUT2D eigenvalue weighted by Gasteiger charge is -2.32. The largest absolute Gasteiger partial charge is 0.393 e. The standard InChI is InChI=1S/C27H25ClN6O4/c1-32-10-12-33(13-11-32)27(36)16-2-6-19(7-3-16)30-25(17-4-9-21(29)23(14-17)34(37)38)24-20-8-5-18(28)15-22(20)31-26(24)35/h2-9,14-15,30H,10-13,29H2,1H3,(H,31,35)/b25-24+. The van der Waals surface area contributed by atoms with Crippen molar-refractivity contribution in [3.8, 4) is 0 Å². The summed E-state index contributed by atoms with van der Waals surface area (Å²) in [7, 11) is 2.03. The van der Waals surface area contributed by atoms with Gasteiger partial charge >= 0.3 is 0 Å². The number of halogens is 1. The smallest absolute Gasteiger partial charge is 0.292 e. The van der Waals surface area contributed by atoms with Crippen LogP contribution in [0.15, 0.2) is 60.7 Å². The Kier molecular flexibility index (Phi) is 6.75. The Labute approximate surface area is 223 Å². The molecule has 2 aliphatic heterocycles. The maximum absolute atomic E-state index is 13.1. The number of hydrogen-bond donors (Lipinski definition) is 3. The topological polar surface area (TPSA) is 134 Å². The van der Waals surface area contributed by atoms with E-state index >= 15 is 0 Å². The minimum Gasteiger partial charge on any atom is -0.393 e. The molecule has 3 aromatic carbocycles. The van der Waals surface area contributed by atoms with Crippen molar-refractivity contribution in [3.05, 3.63) is 92.5 Å². The van der Waals surface area contributed by atoms with E-state index in [1.54, 1.807) is 48.5 Å². The minimum absolute atomic E-state index is 0.0120. The number of rotatable bonds is 5. The lowest BCUT2D eigenvalue weighted by atomic mass is 9.99. The van der Waals surface area contributed by atoms with Gasteiger partial charge in [-0.1, -0.05) is 23.7 Å². The maximum Gasteiger partial charge on any atom is 0.292 e. The Hall–Kier alpha value is -4.41. The molecular formula is C27H25ClN6O4. The van der Waals surface area contributed by atoms with Crippen LogP contribution in [-0.2, 0) is 4.79 Å². The molecule has 0 aliphatic carbocycles. The highest BCUT2D eigenvalue weighted by atomic mass is 35.5. The number of nitrogens with two attached hydrogens (primary N) is 1. The van der Waals surface area contributed by atoms with Gasteiger partial charge in [0.1, 0.15) is 5.69 Å². The van der Waals surface area contributed by atoms with Crippen molar-refractivity contribution >= 4 is 57.4 Å². The van der Waals surface area contributed by atoms with Gasteiger partial charge in [-0.3, -0.25) is 19.7 Å². The predicted octanol–water partition coefficient (Wildman–Crippen LogP) is 4.15. The van der Waals surface area contributed by atoms with Crippen LogP contribution in [0.5, 0.6) is 0 Å². The molecule has 5 rings (SSSR count). The Morgan fingerprint density at radius 1 is 1.03 bits per heavy atom. The lowest BCUT2D eigenvalue weighted by molar-refractivity contribution is -0.383. The second-order valence-electron chi connectivity index (χ2n) is 9.22. The lowest BCUT2D eigenvalue weighted by Crippen LogP contribution is -2.47. The first kappa shape index (κ1) is 25.2. The highest BCUT2D eigenvalue weighted by molar-refractivity contribution is 6.38. The number of nitro groups is 1. The predicted molar refractivity (Wildman–Crippen MR) is 148 cm³/mol. The van der Waals surface area contributed by atoms with E-state index < -0.39 is 4.92 Å². The highest BCUT2D eigenvalue weighted by Gasteiger charge is 2.29. The van der Waals surface area contributed by atoms with Crippen molar-refractivity contribution in [1.82, 2.24) is 9.80 Å². The van der Waals surface area contributed by atoms with Crippen LogP contribution < -0.4 is 16.4 Å². The van der Waals surface area contributed by atoms with E-state index in [1.807, 2.05) is 11.9 Å². The molecule has 4 N–H and O–H groups in total. The van der Waals surface area contributed by atoms with Crippen molar-refractivity contribution in [2.24, 2.45) is 0 Å². The maximum atomic E-state index is 13.1. The molecule has 38 heavy (non-hydrogen) atoms. The molecule has 0 saturated carbocycles. The summed E-state index contributed by atoms with van der Waals surface area (Å²) in [5, 5.41) is 18.1. The molecule has 0 atom stereocenters. The van der Waals surface area contributed by atoms with E-state index in [9.17, 15) is 19.7 Å². The molecule has 1 fully saturated rings. The second kappa shape index (κ2) is 10.2. The van der Waals surface area contributed by atoms with E-state index in [-0.39, 0.29) is 23.2 Å². The van der Waals surface area contributed by atoms with Crippen LogP contribution in [0.4, 0.5) is 22.7 Å². The highest BCUT2D eigenvalue weighted by Crippen LogP contribution is 2.39. The molecule has 3 aromatic rings. The zero-order valence-corrected chi connectivity index (χ0v) is 21.3. The van der Waals surface area contributed by atoms with Crippen molar-refractivity contribution in [2.45, 2.75) is 0 Å². The Balaban J connectivity index is 1.53. The van der Waals surface area contributed by atoms with Crippen LogP contribution in [0.25, 0.3) is 11.3 Å². The number of likely N-dealkylation sites (N-methyl/N-ethyl adjacent to an activating group) is 1. The first-order chi connectivity index (χ1) is 18.2. The average Bonchev–Trinajstić information content (AvgIpc) is 3.22. The number of benzene rings is 3. The Morgan fingerprint density at radius 3 is 2.39 bits per heavy atom. The molecule has 1 saturated heterocycles. The van der Waals surface area contributed by atoms with E-state index in [0.29, 0.717) is 57.4 Å². The van der Waals surface area contributed by atoms with Crippen molar-refractivity contribution in [3.63, 3.8) is 0 Å². The summed E-state index contributed by atoms with van der Waals surface area (Å²) in [5.41, 5.74) is 8.89. The van der Waals surface area contributed by atoms with E-state index in [2.05, 4.69) is 15.5 Å². The van der Waals surface area contributed by atoms with Crippen LogP contribution in [0.2, 0.25) is 5.02 Å². The van der Waals surface area contributed by atoms with Crippen molar-refractivity contribution in [2.75, 3.05) is 49.6 Å². The molecule has 0 spiro atoms. The van der Waals surface area contributed by atoms with Crippen LogP contribution in [0.3, 0.4) is 0 Å². The van der Waals surface area contributed by atoms with Gasteiger partial charge in [0.15, 0.2) is 0 Å². The van der Waals surface area contributed by atoms with Gasteiger partial charge in [-0.2, -0.15) is 0 Å². The molecular weight excluding hydrogens is 508 g/mol. The molecule has 0 aromatic heterocycles. The molecule has 0 bridgehead atoms. The first-order valence-corrected chi connectivity index (χ1v) is 12.3. The average molecular weight is 533 g/mol. The van der Waals surface area contributed by atoms with E-state index in [1.165, 1.54) is 12.1 Å². The third kappa shape index (κ3) is 4.91. The summed E-state index contributed by atoms with van der Waals surface area (Å²) in [4.78, 5) is 41.1. The van der Waals surface area contributed by atoms with E-state index in [0.717, 1.165) is 13.1 Å². The molecule has 10 nitrogen and oxygen atoms in total. The van der Waals surface area contributed by atoms with Crippen LogP contribution >= 0.6 is 11.6 Å². The summed E-state index contributed by atoms with van der Waals surface area (Å²) in [5.74, 6) is -0.426. The number of anilines is 3. The van der Waals surface area contributed by atoms with Gasteiger partial charge in [-0.05, 0) is 49.5 Å². The summed E-state index contributed by atoms with van der Waals surface area (Å²) in [6, 6.07) is 16.3. The van der Waals surface area contributed by atoms with Gasteiger partial charge in [0.2, 0.25) is 0 Å². The number of carbonyl (C=O) groups is 2. The summed E-state index contributed by atoms with van der Waals surface area (Å²) in [6.45, 7) is 2.98. The molecule has 0 radical (unpaired) electrons. The van der Waals surface area contributed by atoms with Gasteiger partial charge in [-0.25, -0.2) is 0 Å². The fourth-order valence-electron chi connectivity index (χ4n) is 4.56. The molecule has 2 heterocycles. The zero-order valence-electron chi connectivity index (χ0n) is 20.5. The van der Waals surface area contributed by atoms with Crippen LogP contribution in [0.1, 0.15) is 21.5 Å². The fraction of sp³-hybridized carbons (Fsp3) is 0.185.